The predicted octanol–water partition coefficient (Wildman–Crippen LogP) is -0.274. The highest BCUT2D eigenvalue weighted by Crippen LogP contribution is 2.20. The Bertz CT molecular complexity index is 535. The Hall–Kier alpha value is -1.37. The number of nitrogens with one attached hydrogen (secondary N) is 1. The van der Waals surface area contributed by atoms with Gasteiger partial charge in [0.05, 0.1) is 17.3 Å². The second-order valence-corrected chi connectivity index (χ2v) is 6.84. The summed E-state index contributed by atoms with van der Waals surface area (Å²) in [5, 5.41) is 2.20. The first-order valence-electron chi connectivity index (χ1n) is 5.40. The van der Waals surface area contributed by atoms with Gasteiger partial charge in [-0.05, 0) is 13.3 Å². The molecule has 0 radical (unpaired) electrons. The lowest BCUT2D eigenvalue weighted by Crippen LogP contribution is -2.40. The SMILES string of the molecule is C[C@H]1[C@@H](NC(=O)c2cn(C)cn2)CCS1(=O)=O. The summed E-state index contributed by atoms with van der Waals surface area (Å²) in [6.07, 6.45) is 3.61. The minimum Gasteiger partial charge on any atom is -0.347 e. The number of nitrogens with zero attached hydrogens (tertiary/aromatic N) is 2. The van der Waals surface area contributed by atoms with Crippen LogP contribution < -0.4 is 5.32 Å². The molecule has 0 bridgehead atoms. The molecule has 1 saturated heterocycles. The maximum atomic E-state index is 11.8. The number of hydrogen-bond donors (Lipinski definition) is 1. The van der Waals surface area contributed by atoms with E-state index in [0.29, 0.717) is 12.1 Å². The van der Waals surface area contributed by atoms with Gasteiger partial charge in [-0.1, -0.05) is 0 Å². The molecule has 6 nitrogen and oxygen atoms in total. The largest absolute Gasteiger partial charge is 0.347 e. The van der Waals surface area contributed by atoms with Gasteiger partial charge in [-0.2, -0.15) is 0 Å². The fourth-order valence-corrected chi connectivity index (χ4v) is 3.58. The molecular weight excluding hydrogens is 242 g/mol. The number of imidazole rings is 1. The van der Waals surface area contributed by atoms with Crippen LogP contribution in [0.15, 0.2) is 12.5 Å². The zero-order chi connectivity index (χ0) is 12.6. The van der Waals surface area contributed by atoms with E-state index in [-0.39, 0.29) is 17.7 Å². The van der Waals surface area contributed by atoms with Gasteiger partial charge in [0.15, 0.2) is 9.84 Å². The first-order chi connectivity index (χ1) is 7.90. The Kier molecular flexibility index (Phi) is 2.94. The van der Waals surface area contributed by atoms with Crippen molar-refractivity contribution in [1.82, 2.24) is 14.9 Å². The van der Waals surface area contributed by atoms with Crippen LogP contribution in [0.3, 0.4) is 0 Å². The van der Waals surface area contributed by atoms with Crippen molar-refractivity contribution in [3.05, 3.63) is 18.2 Å². The maximum absolute atomic E-state index is 11.8. The normalized spacial score (nSPS) is 26.9. The molecule has 1 aromatic heterocycles. The molecule has 17 heavy (non-hydrogen) atoms. The molecule has 1 aromatic rings. The number of aryl methyl sites for hydroxylation is 1. The zero-order valence-electron chi connectivity index (χ0n) is 9.75. The summed E-state index contributed by atoms with van der Waals surface area (Å²) in [5.74, 6) is -0.180. The summed E-state index contributed by atoms with van der Waals surface area (Å²) in [5.41, 5.74) is 0.309. The number of amides is 1. The molecular formula is C10H15N3O3S. The summed E-state index contributed by atoms with van der Waals surface area (Å²) in [4.78, 5) is 15.7. The van der Waals surface area contributed by atoms with E-state index in [2.05, 4.69) is 10.3 Å². The quantitative estimate of drug-likeness (QED) is 0.790. The molecule has 1 aliphatic rings. The van der Waals surface area contributed by atoms with E-state index < -0.39 is 15.1 Å². The van der Waals surface area contributed by atoms with Gasteiger partial charge < -0.3 is 9.88 Å². The van der Waals surface area contributed by atoms with Crippen LogP contribution in [0.25, 0.3) is 0 Å². The molecule has 1 amide bonds. The van der Waals surface area contributed by atoms with Crippen LogP contribution in [0.5, 0.6) is 0 Å². The summed E-state index contributed by atoms with van der Waals surface area (Å²) in [6.45, 7) is 1.63. The number of aromatic nitrogens is 2. The monoisotopic (exact) mass is 257 g/mol. The molecule has 1 N–H and O–H groups in total. The van der Waals surface area contributed by atoms with Crippen LogP contribution in [0.2, 0.25) is 0 Å². The fraction of sp³-hybridized carbons (Fsp3) is 0.600. The van der Waals surface area contributed by atoms with Gasteiger partial charge in [0, 0.05) is 19.3 Å². The van der Waals surface area contributed by atoms with Crippen LogP contribution in [0.4, 0.5) is 0 Å². The number of rotatable bonds is 2. The summed E-state index contributed by atoms with van der Waals surface area (Å²) >= 11 is 0. The standard InChI is InChI=1S/C10H15N3O3S/c1-7-8(3-4-17(7,15)16)12-10(14)9-5-13(2)6-11-9/h5-8H,3-4H2,1-2H3,(H,12,14)/t7-,8-/m0/s1. The van der Waals surface area contributed by atoms with E-state index >= 15 is 0 Å². The molecule has 2 rings (SSSR count). The van der Waals surface area contributed by atoms with E-state index in [4.69, 9.17) is 0 Å². The van der Waals surface area contributed by atoms with Gasteiger partial charge in [-0.25, -0.2) is 13.4 Å². The highest BCUT2D eigenvalue weighted by Gasteiger charge is 2.37. The van der Waals surface area contributed by atoms with Crippen LogP contribution in [0.1, 0.15) is 23.8 Å². The molecule has 1 aliphatic heterocycles. The minimum absolute atomic E-state index is 0.140. The van der Waals surface area contributed by atoms with Crippen LogP contribution >= 0.6 is 0 Å². The van der Waals surface area contributed by atoms with Gasteiger partial charge in [-0.15, -0.1) is 0 Å². The summed E-state index contributed by atoms with van der Waals surface area (Å²) in [6, 6.07) is -0.311. The van der Waals surface area contributed by atoms with Crippen molar-refractivity contribution in [3.8, 4) is 0 Å². The highest BCUT2D eigenvalue weighted by molar-refractivity contribution is 7.92. The van der Waals surface area contributed by atoms with Crippen molar-refractivity contribution in [2.75, 3.05) is 5.75 Å². The Balaban J connectivity index is 2.06. The molecule has 2 heterocycles. The van der Waals surface area contributed by atoms with Crippen molar-refractivity contribution < 1.29 is 13.2 Å². The van der Waals surface area contributed by atoms with Crippen LogP contribution in [-0.2, 0) is 16.9 Å². The lowest BCUT2D eigenvalue weighted by Gasteiger charge is -2.15. The average molecular weight is 257 g/mol. The Morgan fingerprint density at radius 2 is 2.29 bits per heavy atom. The van der Waals surface area contributed by atoms with Gasteiger partial charge in [0.25, 0.3) is 5.91 Å². The van der Waals surface area contributed by atoms with E-state index in [1.165, 1.54) is 6.33 Å². The topological polar surface area (TPSA) is 81.1 Å². The molecule has 2 atom stereocenters. The lowest BCUT2D eigenvalue weighted by molar-refractivity contribution is 0.0932. The average Bonchev–Trinajstić information content (AvgIpc) is 2.78. The molecule has 0 spiro atoms. The summed E-state index contributed by atoms with van der Waals surface area (Å²) in [7, 11) is -1.27. The van der Waals surface area contributed by atoms with Gasteiger partial charge in [0.1, 0.15) is 5.69 Å². The molecule has 0 saturated carbocycles. The summed E-state index contributed by atoms with van der Waals surface area (Å²) < 4.78 is 24.7. The van der Waals surface area contributed by atoms with E-state index in [9.17, 15) is 13.2 Å². The number of carbonyl (C=O) groups is 1. The molecule has 0 aromatic carbocycles. The van der Waals surface area contributed by atoms with Crippen LogP contribution in [0, 0.1) is 0 Å². The minimum atomic E-state index is -3.04. The van der Waals surface area contributed by atoms with Gasteiger partial charge in [0.2, 0.25) is 0 Å². The van der Waals surface area contributed by atoms with Gasteiger partial charge in [-0.3, -0.25) is 4.79 Å². The van der Waals surface area contributed by atoms with Crippen molar-refractivity contribution >= 4 is 15.7 Å². The molecule has 94 valence electrons. The number of sulfone groups is 1. The van der Waals surface area contributed by atoms with E-state index in [1.807, 2.05) is 0 Å². The van der Waals surface area contributed by atoms with Crippen molar-refractivity contribution in [3.63, 3.8) is 0 Å². The first kappa shape index (κ1) is 12.1. The van der Waals surface area contributed by atoms with Crippen molar-refractivity contribution in [1.29, 1.82) is 0 Å². The van der Waals surface area contributed by atoms with Crippen molar-refractivity contribution in [2.45, 2.75) is 24.6 Å². The first-order valence-corrected chi connectivity index (χ1v) is 7.12. The van der Waals surface area contributed by atoms with Gasteiger partial charge >= 0.3 is 0 Å². The smallest absolute Gasteiger partial charge is 0.271 e. The highest BCUT2D eigenvalue weighted by atomic mass is 32.2. The maximum Gasteiger partial charge on any atom is 0.271 e. The van der Waals surface area contributed by atoms with E-state index in [0.717, 1.165) is 0 Å². The Labute approximate surface area is 100.0 Å². The third kappa shape index (κ3) is 2.33. The predicted molar refractivity (Wildman–Crippen MR) is 62.3 cm³/mol. The Morgan fingerprint density at radius 1 is 1.59 bits per heavy atom. The second-order valence-electron chi connectivity index (χ2n) is 4.37. The van der Waals surface area contributed by atoms with Crippen molar-refractivity contribution in [2.24, 2.45) is 7.05 Å². The lowest BCUT2D eigenvalue weighted by atomic mass is 10.1. The molecule has 0 aliphatic carbocycles. The second kappa shape index (κ2) is 4.14. The molecule has 7 heteroatoms. The Morgan fingerprint density at radius 3 is 2.76 bits per heavy atom. The van der Waals surface area contributed by atoms with E-state index in [1.54, 1.807) is 24.7 Å². The molecule has 0 unspecified atom stereocenters. The zero-order valence-corrected chi connectivity index (χ0v) is 10.6. The third-order valence-corrected chi connectivity index (χ3v) is 5.37. The third-order valence-electron chi connectivity index (χ3n) is 3.10. The van der Waals surface area contributed by atoms with Crippen LogP contribution in [-0.4, -0.2) is 40.9 Å². The number of hydrogen-bond acceptors (Lipinski definition) is 4. The molecule has 1 fully saturated rings. The number of carbonyl (C=O) groups excluding carboxylic acids is 1. The fourth-order valence-electron chi connectivity index (χ4n) is 1.92.